The quantitative estimate of drug-likeness (QED) is 0.514. The average Bonchev–Trinajstić information content (AvgIpc) is 2.14. The van der Waals surface area contributed by atoms with Crippen LogP contribution in [0.3, 0.4) is 0 Å². The zero-order chi connectivity index (χ0) is 10.6. The van der Waals surface area contributed by atoms with E-state index >= 15 is 0 Å². The van der Waals surface area contributed by atoms with Crippen LogP contribution in [0.4, 0.5) is 5.69 Å². The molecule has 0 heterocycles. The van der Waals surface area contributed by atoms with Gasteiger partial charge >= 0.3 is 5.69 Å². The summed E-state index contributed by atoms with van der Waals surface area (Å²) in [6, 6.07) is 4.44. The highest BCUT2D eigenvalue weighted by atomic mass is 79.9. The largest absolute Gasteiger partial charge is 0.502 e. The van der Waals surface area contributed by atoms with Crippen LogP contribution >= 0.6 is 15.9 Å². The average molecular weight is 260 g/mol. The topological polar surface area (TPSA) is 63.4 Å². The number of halogens is 1. The van der Waals surface area contributed by atoms with E-state index in [4.69, 9.17) is 0 Å². The van der Waals surface area contributed by atoms with Gasteiger partial charge in [0.05, 0.1) is 4.92 Å². The number of alkyl halides is 1. The van der Waals surface area contributed by atoms with Crippen molar-refractivity contribution in [1.29, 1.82) is 0 Å². The second-order valence-electron chi connectivity index (χ2n) is 2.87. The summed E-state index contributed by atoms with van der Waals surface area (Å²) in [7, 11) is 0. The monoisotopic (exact) mass is 259 g/mol. The maximum absolute atomic E-state index is 10.4. The zero-order valence-electron chi connectivity index (χ0n) is 7.44. The second-order valence-corrected chi connectivity index (χ2v) is 3.67. The Bertz CT molecular complexity index is 341. The Labute approximate surface area is 89.8 Å². The maximum atomic E-state index is 10.4. The number of nitrogens with zero attached hydrogens (tertiary/aromatic N) is 1. The van der Waals surface area contributed by atoms with E-state index in [0.29, 0.717) is 0 Å². The van der Waals surface area contributed by atoms with Gasteiger partial charge in [-0.25, -0.2) is 0 Å². The van der Waals surface area contributed by atoms with Crippen LogP contribution in [-0.4, -0.2) is 15.4 Å². The van der Waals surface area contributed by atoms with Crippen LogP contribution < -0.4 is 0 Å². The van der Waals surface area contributed by atoms with Crippen LogP contribution in [0.5, 0.6) is 5.75 Å². The molecule has 0 fully saturated rings. The third-order valence-corrected chi connectivity index (χ3v) is 2.40. The number of aryl methyl sites for hydroxylation is 1. The van der Waals surface area contributed by atoms with E-state index in [2.05, 4.69) is 15.9 Å². The summed E-state index contributed by atoms with van der Waals surface area (Å²) < 4.78 is 0. The molecule has 0 unspecified atom stereocenters. The highest BCUT2D eigenvalue weighted by Gasteiger charge is 2.12. The fourth-order valence-corrected chi connectivity index (χ4v) is 1.43. The van der Waals surface area contributed by atoms with Crippen molar-refractivity contribution < 1.29 is 10.0 Å². The molecular weight excluding hydrogens is 250 g/mol. The Balaban J connectivity index is 2.83. The van der Waals surface area contributed by atoms with Crippen LogP contribution in [0.1, 0.15) is 12.0 Å². The number of phenols is 1. The molecule has 1 rings (SSSR count). The Kier molecular flexibility index (Phi) is 3.88. The molecule has 1 N–H and O–H groups in total. The van der Waals surface area contributed by atoms with Crippen LogP contribution in [-0.2, 0) is 6.42 Å². The molecule has 0 bridgehead atoms. The summed E-state index contributed by atoms with van der Waals surface area (Å²) in [5.74, 6) is -0.262. The molecule has 0 saturated carbocycles. The third kappa shape index (κ3) is 2.70. The smallest absolute Gasteiger partial charge is 0.310 e. The van der Waals surface area contributed by atoms with E-state index in [0.717, 1.165) is 23.7 Å². The minimum atomic E-state index is -0.594. The summed E-state index contributed by atoms with van der Waals surface area (Å²) in [6.07, 6.45) is 1.74. The van der Waals surface area contributed by atoms with Gasteiger partial charge in [0.1, 0.15) is 0 Å². The van der Waals surface area contributed by atoms with Gasteiger partial charge in [-0.1, -0.05) is 22.0 Å². The van der Waals surface area contributed by atoms with Crippen LogP contribution in [0.15, 0.2) is 18.2 Å². The van der Waals surface area contributed by atoms with Gasteiger partial charge in [0.2, 0.25) is 0 Å². The fraction of sp³-hybridized carbons (Fsp3) is 0.333. The molecule has 0 aliphatic carbocycles. The van der Waals surface area contributed by atoms with E-state index < -0.39 is 4.92 Å². The maximum Gasteiger partial charge on any atom is 0.310 e. The normalized spacial score (nSPS) is 10.1. The summed E-state index contributed by atoms with van der Waals surface area (Å²) in [4.78, 5) is 9.79. The van der Waals surface area contributed by atoms with E-state index in [1.807, 2.05) is 0 Å². The molecule has 0 radical (unpaired) electrons. The summed E-state index contributed by atoms with van der Waals surface area (Å²) in [5, 5.41) is 20.6. The molecule has 0 atom stereocenters. The summed E-state index contributed by atoms with van der Waals surface area (Å²) in [6.45, 7) is 0. The minimum Gasteiger partial charge on any atom is -0.502 e. The zero-order valence-corrected chi connectivity index (χ0v) is 9.03. The number of phenolic OH excluding ortho intramolecular Hbond substituents is 1. The van der Waals surface area contributed by atoms with E-state index in [1.165, 1.54) is 12.1 Å². The molecule has 76 valence electrons. The van der Waals surface area contributed by atoms with Crippen molar-refractivity contribution in [3.63, 3.8) is 0 Å². The first-order valence-corrected chi connectivity index (χ1v) is 5.29. The van der Waals surface area contributed by atoms with Gasteiger partial charge in [-0.3, -0.25) is 10.1 Å². The van der Waals surface area contributed by atoms with Crippen molar-refractivity contribution in [3.05, 3.63) is 33.9 Å². The number of rotatable bonds is 4. The third-order valence-electron chi connectivity index (χ3n) is 1.84. The van der Waals surface area contributed by atoms with Crippen LogP contribution in [0.2, 0.25) is 0 Å². The van der Waals surface area contributed by atoms with Crippen LogP contribution in [0, 0.1) is 10.1 Å². The lowest BCUT2D eigenvalue weighted by Crippen LogP contribution is -1.91. The van der Waals surface area contributed by atoms with Gasteiger partial charge in [0.25, 0.3) is 0 Å². The standard InChI is InChI=1S/C9H10BrNO3/c10-5-1-2-7-3-4-8(11(13)14)9(12)6-7/h3-4,6,12H,1-2,5H2. The molecule has 1 aromatic carbocycles. The Morgan fingerprint density at radius 2 is 2.21 bits per heavy atom. The molecule has 14 heavy (non-hydrogen) atoms. The van der Waals surface area contributed by atoms with Crippen molar-refractivity contribution >= 4 is 21.6 Å². The Morgan fingerprint density at radius 1 is 1.50 bits per heavy atom. The van der Waals surface area contributed by atoms with Crippen molar-refractivity contribution in [2.75, 3.05) is 5.33 Å². The number of hydrogen-bond acceptors (Lipinski definition) is 3. The van der Waals surface area contributed by atoms with Crippen molar-refractivity contribution in [2.24, 2.45) is 0 Å². The highest BCUT2D eigenvalue weighted by molar-refractivity contribution is 9.09. The number of hydrogen-bond donors (Lipinski definition) is 1. The highest BCUT2D eigenvalue weighted by Crippen LogP contribution is 2.26. The SMILES string of the molecule is O=[N+]([O-])c1ccc(CCCBr)cc1O. The first-order valence-electron chi connectivity index (χ1n) is 4.17. The molecule has 1 aromatic rings. The molecule has 0 saturated heterocycles. The first kappa shape index (κ1) is 11.0. The lowest BCUT2D eigenvalue weighted by atomic mass is 10.1. The van der Waals surface area contributed by atoms with Crippen LogP contribution in [0.25, 0.3) is 0 Å². The molecule has 0 spiro atoms. The number of nitro groups is 1. The molecule has 5 heteroatoms. The Hall–Kier alpha value is -1.10. The number of nitro benzene ring substituents is 1. The molecule has 0 amide bonds. The van der Waals surface area contributed by atoms with E-state index in [9.17, 15) is 15.2 Å². The summed E-state index contributed by atoms with van der Waals surface area (Å²) >= 11 is 3.29. The fourth-order valence-electron chi connectivity index (χ4n) is 1.15. The van der Waals surface area contributed by atoms with Crippen molar-refractivity contribution in [3.8, 4) is 5.75 Å². The molecule has 0 aromatic heterocycles. The van der Waals surface area contributed by atoms with Crippen molar-refractivity contribution in [1.82, 2.24) is 0 Å². The molecule has 0 aliphatic rings. The lowest BCUT2D eigenvalue weighted by Gasteiger charge is -2.00. The number of benzene rings is 1. The molecular formula is C9H10BrNO3. The van der Waals surface area contributed by atoms with Gasteiger partial charge in [-0.05, 0) is 24.5 Å². The van der Waals surface area contributed by atoms with Gasteiger partial charge in [-0.15, -0.1) is 0 Å². The minimum absolute atomic E-state index is 0.243. The predicted molar refractivity (Wildman–Crippen MR) is 56.9 cm³/mol. The van der Waals surface area contributed by atoms with Crippen molar-refractivity contribution in [2.45, 2.75) is 12.8 Å². The number of aromatic hydroxyl groups is 1. The Morgan fingerprint density at radius 3 is 2.71 bits per heavy atom. The predicted octanol–water partition coefficient (Wildman–Crippen LogP) is 2.63. The van der Waals surface area contributed by atoms with Gasteiger partial charge in [0.15, 0.2) is 5.75 Å². The summed E-state index contributed by atoms with van der Waals surface area (Å²) in [5.41, 5.74) is 0.667. The first-order chi connectivity index (χ1) is 6.65. The molecule has 0 aliphatic heterocycles. The van der Waals surface area contributed by atoms with Gasteiger partial charge in [-0.2, -0.15) is 0 Å². The lowest BCUT2D eigenvalue weighted by molar-refractivity contribution is -0.385. The second kappa shape index (κ2) is 4.95. The van der Waals surface area contributed by atoms with Gasteiger partial charge in [0, 0.05) is 11.4 Å². The van der Waals surface area contributed by atoms with E-state index in [1.54, 1.807) is 6.07 Å². The molecule has 4 nitrogen and oxygen atoms in total. The van der Waals surface area contributed by atoms with E-state index in [-0.39, 0.29) is 11.4 Å². The van der Waals surface area contributed by atoms with Gasteiger partial charge < -0.3 is 5.11 Å².